The van der Waals surface area contributed by atoms with Gasteiger partial charge in [0.15, 0.2) is 12.1 Å². The number of nitrogens with zero attached hydrogens (tertiary/aromatic N) is 4. The minimum absolute atomic E-state index is 0.0133. The van der Waals surface area contributed by atoms with Gasteiger partial charge in [-0.15, -0.1) is 0 Å². The summed E-state index contributed by atoms with van der Waals surface area (Å²) in [6, 6.07) is 6.94. The lowest BCUT2D eigenvalue weighted by molar-refractivity contribution is -0.123. The minimum Gasteiger partial charge on any atom is -0.322 e. The van der Waals surface area contributed by atoms with Gasteiger partial charge in [-0.1, -0.05) is 38.8 Å². The molecule has 0 radical (unpaired) electrons. The van der Waals surface area contributed by atoms with Crippen LogP contribution in [0.4, 0.5) is 15.8 Å². The Bertz CT molecular complexity index is 1110. The van der Waals surface area contributed by atoms with Crippen LogP contribution >= 0.6 is 27.5 Å². The molecule has 0 bridgehead atoms. The molecule has 30 heavy (non-hydrogen) atoms. The maximum atomic E-state index is 13.9. The monoisotopic (exact) mass is 493 g/mol. The third-order valence-corrected chi connectivity index (χ3v) is 5.68. The van der Waals surface area contributed by atoms with Crippen LogP contribution in [0.5, 0.6) is 0 Å². The number of amides is 3. The van der Waals surface area contributed by atoms with Crippen LogP contribution < -0.4 is 10.2 Å². The number of aryl methyl sites for hydroxylation is 1. The number of halogens is 3. The number of benzene rings is 2. The summed E-state index contributed by atoms with van der Waals surface area (Å²) in [5, 5.41) is 11.6. The number of anilines is 2. The van der Waals surface area contributed by atoms with E-state index in [-0.39, 0.29) is 12.2 Å². The molecule has 0 aliphatic carbocycles. The largest absolute Gasteiger partial charge is 0.322 e. The number of rotatable bonds is 4. The molecule has 0 saturated carbocycles. The summed E-state index contributed by atoms with van der Waals surface area (Å²) >= 11 is 9.26. The van der Waals surface area contributed by atoms with Crippen LogP contribution in [0.25, 0.3) is 0 Å². The van der Waals surface area contributed by atoms with Gasteiger partial charge in [0.25, 0.3) is 11.8 Å². The van der Waals surface area contributed by atoms with E-state index in [1.165, 1.54) is 18.2 Å². The van der Waals surface area contributed by atoms with Crippen molar-refractivity contribution in [3.05, 3.63) is 57.3 Å². The standard InChI is InChI=1S/C19H14BrClFN5O3/c1-9-2-4-11(7-12(9)21)27-18(29)16-17(19(27)30)26(25-24-16)8-15(28)23-14-5-3-10(20)6-13(14)22/h2-7,16-17H,8H2,1H3,(H,23,28)/t16-,17-/m1/s1. The molecule has 2 aliphatic rings. The van der Waals surface area contributed by atoms with Gasteiger partial charge in [0.1, 0.15) is 12.4 Å². The summed E-state index contributed by atoms with van der Waals surface area (Å²) < 4.78 is 14.5. The van der Waals surface area contributed by atoms with Gasteiger partial charge in [-0.05, 0) is 42.8 Å². The van der Waals surface area contributed by atoms with Gasteiger partial charge in [-0.3, -0.25) is 19.4 Å². The molecule has 2 aromatic rings. The molecular weight excluding hydrogens is 481 g/mol. The van der Waals surface area contributed by atoms with Crippen LogP contribution in [-0.4, -0.2) is 41.4 Å². The number of nitrogens with one attached hydrogen (secondary N) is 1. The van der Waals surface area contributed by atoms with Crippen LogP contribution in [0.3, 0.4) is 0 Å². The molecule has 3 amide bonds. The van der Waals surface area contributed by atoms with Gasteiger partial charge < -0.3 is 5.32 Å². The Morgan fingerprint density at radius 2 is 2.00 bits per heavy atom. The first-order valence-corrected chi connectivity index (χ1v) is 9.99. The van der Waals surface area contributed by atoms with E-state index in [1.807, 2.05) is 0 Å². The zero-order chi connectivity index (χ0) is 21.6. The summed E-state index contributed by atoms with van der Waals surface area (Å²) in [4.78, 5) is 39.0. The smallest absolute Gasteiger partial charge is 0.263 e. The summed E-state index contributed by atoms with van der Waals surface area (Å²) in [5.41, 5.74) is 1.12. The second-order valence-electron chi connectivity index (χ2n) is 6.81. The van der Waals surface area contributed by atoms with Crippen LogP contribution in [0.15, 0.2) is 51.2 Å². The molecule has 0 aromatic heterocycles. The molecular formula is C19H14BrClFN5O3. The number of imide groups is 1. The van der Waals surface area contributed by atoms with E-state index in [4.69, 9.17) is 11.6 Å². The average Bonchev–Trinajstić information content (AvgIpc) is 3.20. The van der Waals surface area contributed by atoms with Gasteiger partial charge in [0.05, 0.1) is 11.4 Å². The van der Waals surface area contributed by atoms with E-state index in [2.05, 4.69) is 31.6 Å². The van der Waals surface area contributed by atoms with E-state index in [9.17, 15) is 18.8 Å². The molecule has 8 nitrogen and oxygen atoms in total. The van der Waals surface area contributed by atoms with Crippen molar-refractivity contribution in [3.8, 4) is 0 Å². The Labute approximate surface area is 183 Å². The lowest BCUT2D eigenvalue weighted by Crippen LogP contribution is -2.43. The molecule has 1 fully saturated rings. The molecule has 2 aliphatic heterocycles. The minimum atomic E-state index is -1.05. The first kappa shape index (κ1) is 20.4. The molecule has 2 atom stereocenters. The van der Waals surface area contributed by atoms with Gasteiger partial charge in [0, 0.05) is 9.50 Å². The Morgan fingerprint density at radius 3 is 2.70 bits per heavy atom. The Morgan fingerprint density at radius 1 is 1.23 bits per heavy atom. The van der Waals surface area contributed by atoms with E-state index in [0.717, 1.165) is 15.5 Å². The van der Waals surface area contributed by atoms with E-state index < -0.39 is 35.6 Å². The summed E-state index contributed by atoms with van der Waals surface area (Å²) in [6.45, 7) is 1.43. The number of carbonyl (C=O) groups excluding carboxylic acids is 3. The number of hydrogen-bond acceptors (Lipinski definition) is 6. The van der Waals surface area contributed by atoms with Crippen LogP contribution in [-0.2, 0) is 14.4 Å². The zero-order valence-electron chi connectivity index (χ0n) is 15.5. The number of fused-ring (bicyclic) bond motifs is 1. The van der Waals surface area contributed by atoms with E-state index >= 15 is 0 Å². The summed E-state index contributed by atoms with van der Waals surface area (Å²) in [5.74, 6) is -2.32. The van der Waals surface area contributed by atoms with Crippen molar-refractivity contribution in [2.24, 2.45) is 10.3 Å². The Balaban J connectivity index is 1.50. The third kappa shape index (κ3) is 3.56. The molecule has 154 valence electrons. The highest BCUT2D eigenvalue weighted by Gasteiger charge is 2.55. The molecule has 11 heteroatoms. The van der Waals surface area contributed by atoms with Crippen molar-refractivity contribution in [1.82, 2.24) is 5.01 Å². The lowest BCUT2D eigenvalue weighted by atomic mass is 10.1. The average molecular weight is 495 g/mol. The van der Waals surface area contributed by atoms with Gasteiger partial charge in [-0.25, -0.2) is 9.29 Å². The maximum Gasteiger partial charge on any atom is 0.263 e. The van der Waals surface area contributed by atoms with E-state index in [0.29, 0.717) is 15.2 Å². The summed E-state index contributed by atoms with van der Waals surface area (Å²) in [6.07, 6.45) is 0. The second-order valence-corrected chi connectivity index (χ2v) is 8.13. The first-order chi connectivity index (χ1) is 14.3. The predicted molar refractivity (Wildman–Crippen MR) is 111 cm³/mol. The van der Waals surface area contributed by atoms with Crippen molar-refractivity contribution in [2.75, 3.05) is 16.8 Å². The number of hydrogen-bond donors (Lipinski definition) is 1. The normalized spacial score (nSPS) is 20.1. The zero-order valence-corrected chi connectivity index (χ0v) is 17.8. The quantitative estimate of drug-likeness (QED) is 0.659. The topological polar surface area (TPSA) is 94.4 Å². The van der Waals surface area contributed by atoms with Crippen molar-refractivity contribution in [2.45, 2.75) is 19.0 Å². The second kappa shape index (κ2) is 7.77. The lowest BCUT2D eigenvalue weighted by Gasteiger charge is -2.20. The Hall–Kier alpha value is -2.85. The highest BCUT2D eigenvalue weighted by atomic mass is 79.9. The van der Waals surface area contributed by atoms with Crippen LogP contribution in [0.2, 0.25) is 5.02 Å². The third-order valence-electron chi connectivity index (χ3n) is 4.78. The van der Waals surface area contributed by atoms with Gasteiger partial charge >= 0.3 is 0 Å². The Kier molecular flexibility index (Phi) is 5.29. The molecule has 2 heterocycles. The molecule has 0 unspecified atom stereocenters. The molecule has 4 rings (SSSR count). The van der Waals surface area contributed by atoms with Crippen LogP contribution in [0, 0.1) is 12.7 Å². The molecule has 1 N–H and O–H groups in total. The van der Waals surface area contributed by atoms with Gasteiger partial charge in [-0.2, -0.15) is 5.11 Å². The molecule has 2 aromatic carbocycles. The molecule has 0 spiro atoms. The van der Waals surface area contributed by atoms with E-state index in [1.54, 1.807) is 25.1 Å². The predicted octanol–water partition coefficient (Wildman–Crippen LogP) is 3.48. The van der Waals surface area contributed by atoms with Crippen molar-refractivity contribution < 1.29 is 18.8 Å². The van der Waals surface area contributed by atoms with Crippen molar-refractivity contribution >= 4 is 56.6 Å². The SMILES string of the molecule is Cc1ccc(N2C(=O)[C@@H]3N=NN(CC(=O)Nc4ccc(Br)cc4F)[C@H]3C2=O)cc1Cl. The van der Waals surface area contributed by atoms with Gasteiger partial charge in [0.2, 0.25) is 5.91 Å². The highest BCUT2D eigenvalue weighted by molar-refractivity contribution is 9.10. The first-order valence-electron chi connectivity index (χ1n) is 8.82. The maximum absolute atomic E-state index is 13.9. The fourth-order valence-corrected chi connectivity index (χ4v) is 3.76. The van der Waals surface area contributed by atoms with Crippen molar-refractivity contribution in [1.29, 1.82) is 0 Å². The fraction of sp³-hybridized carbons (Fsp3) is 0.211. The fourth-order valence-electron chi connectivity index (χ4n) is 3.26. The highest BCUT2D eigenvalue weighted by Crippen LogP contribution is 2.33. The molecule has 1 saturated heterocycles. The van der Waals surface area contributed by atoms with Crippen LogP contribution in [0.1, 0.15) is 5.56 Å². The summed E-state index contributed by atoms with van der Waals surface area (Å²) in [7, 11) is 0. The number of carbonyl (C=O) groups is 3. The van der Waals surface area contributed by atoms with Crippen molar-refractivity contribution in [3.63, 3.8) is 0 Å².